The van der Waals surface area contributed by atoms with Crippen molar-refractivity contribution < 1.29 is 5.11 Å². The number of aromatic nitrogens is 1. The number of benzene rings is 1. The summed E-state index contributed by atoms with van der Waals surface area (Å²) in [4.78, 5) is 11.7. The van der Waals surface area contributed by atoms with Crippen molar-refractivity contribution in [1.29, 1.82) is 0 Å². The van der Waals surface area contributed by atoms with Crippen LogP contribution in [0.2, 0.25) is 10.0 Å². The SMILES string of the molecule is C[C@H]1CN2C(=N[C@@H](c3ccccn3)[C@@H]2c2cc(Cl)c(O)c(Cl)c2)S1. The Morgan fingerprint density at radius 2 is 2.00 bits per heavy atom. The molecule has 0 aliphatic carbocycles. The van der Waals surface area contributed by atoms with Crippen molar-refractivity contribution in [3.8, 4) is 5.75 Å². The Hall–Kier alpha value is -1.43. The lowest BCUT2D eigenvalue weighted by Gasteiger charge is -2.27. The van der Waals surface area contributed by atoms with E-state index < -0.39 is 0 Å². The maximum Gasteiger partial charge on any atom is 0.160 e. The van der Waals surface area contributed by atoms with Gasteiger partial charge in [0.1, 0.15) is 6.04 Å². The minimum atomic E-state index is -0.113. The number of amidine groups is 1. The predicted octanol–water partition coefficient (Wildman–Crippen LogP) is 4.68. The summed E-state index contributed by atoms with van der Waals surface area (Å²) in [6.45, 7) is 3.10. The minimum absolute atomic E-state index is 0.0250. The molecule has 124 valence electrons. The number of aliphatic imine (C=N–C) groups is 1. The molecule has 1 fully saturated rings. The van der Waals surface area contributed by atoms with Crippen molar-refractivity contribution in [1.82, 2.24) is 9.88 Å². The third-order valence-electron chi connectivity index (χ3n) is 4.26. The molecule has 0 spiro atoms. The highest BCUT2D eigenvalue weighted by Gasteiger charge is 2.43. The lowest BCUT2D eigenvalue weighted by atomic mass is 9.96. The number of aromatic hydroxyl groups is 1. The van der Waals surface area contributed by atoms with Gasteiger partial charge in [-0.25, -0.2) is 0 Å². The Bertz CT molecular complexity index is 792. The number of pyridine rings is 1. The fourth-order valence-electron chi connectivity index (χ4n) is 3.23. The Morgan fingerprint density at radius 3 is 2.67 bits per heavy atom. The van der Waals surface area contributed by atoms with Crippen molar-refractivity contribution in [3.05, 3.63) is 57.8 Å². The standard InChI is InChI=1S/C17H15Cl2N3OS/c1-9-8-22-15(10-6-11(18)16(23)12(19)7-10)14(21-17(22)24-9)13-4-2-3-5-20-13/h2-7,9,14-15,23H,8H2,1H3/t9-,14-,15-/m0/s1. The lowest BCUT2D eigenvalue weighted by molar-refractivity contribution is 0.321. The predicted molar refractivity (Wildman–Crippen MR) is 99.0 cm³/mol. The summed E-state index contributed by atoms with van der Waals surface area (Å²) in [6.07, 6.45) is 1.78. The number of fused-ring (bicyclic) bond motifs is 1. The van der Waals surface area contributed by atoms with Crippen LogP contribution in [-0.2, 0) is 0 Å². The van der Waals surface area contributed by atoms with E-state index in [1.807, 2.05) is 18.2 Å². The van der Waals surface area contributed by atoms with Gasteiger partial charge in [-0.15, -0.1) is 0 Å². The van der Waals surface area contributed by atoms with Gasteiger partial charge < -0.3 is 10.0 Å². The van der Waals surface area contributed by atoms with Crippen LogP contribution in [0.3, 0.4) is 0 Å². The first kappa shape index (κ1) is 16.1. The minimum Gasteiger partial charge on any atom is -0.505 e. The first-order valence-electron chi connectivity index (χ1n) is 7.64. The molecule has 2 aliphatic heterocycles. The largest absolute Gasteiger partial charge is 0.505 e. The van der Waals surface area contributed by atoms with Crippen LogP contribution in [0, 0.1) is 0 Å². The molecular weight excluding hydrogens is 365 g/mol. The van der Waals surface area contributed by atoms with Gasteiger partial charge in [-0.05, 0) is 29.8 Å². The zero-order valence-corrected chi connectivity index (χ0v) is 15.2. The quantitative estimate of drug-likeness (QED) is 0.822. The first-order valence-corrected chi connectivity index (χ1v) is 9.28. The monoisotopic (exact) mass is 379 g/mol. The van der Waals surface area contributed by atoms with Crippen molar-refractivity contribution in [2.45, 2.75) is 24.3 Å². The van der Waals surface area contributed by atoms with Crippen molar-refractivity contribution >= 4 is 40.1 Å². The van der Waals surface area contributed by atoms with Gasteiger partial charge in [-0.3, -0.25) is 9.98 Å². The summed E-state index contributed by atoms with van der Waals surface area (Å²) in [6, 6.07) is 9.26. The van der Waals surface area contributed by atoms with Crippen LogP contribution in [0.15, 0.2) is 41.5 Å². The molecule has 4 rings (SSSR count). The van der Waals surface area contributed by atoms with Crippen molar-refractivity contribution in [3.63, 3.8) is 0 Å². The molecular formula is C17H15Cl2N3OS. The molecule has 3 heterocycles. The fourth-order valence-corrected chi connectivity index (χ4v) is 4.83. The van der Waals surface area contributed by atoms with Gasteiger partial charge in [0.15, 0.2) is 10.9 Å². The van der Waals surface area contributed by atoms with Crippen molar-refractivity contribution in [2.24, 2.45) is 4.99 Å². The molecule has 2 aliphatic rings. The van der Waals surface area contributed by atoms with Gasteiger partial charge in [0.2, 0.25) is 0 Å². The third kappa shape index (κ3) is 2.65. The van der Waals surface area contributed by atoms with Crippen LogP contribution < -0.4 is 0 Å². The summed E-state index contributed by atoms with van der Waals surface area (Å²) in [7, 11) is 0. The lowest BCUT2D eigenvalue weighted by Crippen LogP contribution is -2.28. The molecule has 1 N–H and O–H groups in total. The van der Waals surface area contributed by atoms with E-state index in [-0.39, 0.29) is 27.9 Å². The van der Waals surface area contributed by atoms with Crippen LogP contribution in [0.5, 0.6) is 5.75 Å². The highest BCUT2D eigenvalue weighted by atomic mass is 35.5. The molecule has 0 bridgehead atoms. The number of halogens is 2. The summed E-state index contributed by atoms with van der Waals surface area (Å²) < 4.78 is 0. The van der Waals surface area contributed by atoms with Crippen LogP contribution in [0.4, 0.5) is 0 Å². The van der Waals surface area contributed by atoms with E-state index in [0.29, 0.717) is 5.25 Å². The molecule has 1 aromatic heterocycles. The molecule has 4 nitrogen and oxygen atoms in total. The maximum absolute atomic E-state index is 9.86. The molecule has 0 radical (unpaired) electrons. The second-order valence-corrected chi connectivity index (χ2v) is 8.19. The third-order valence-corrected chi connectivity index (χ3v) is 5.94. The van der Waals surface area contributed by atoms with Crippen LogP contribution >= 0.6 is 35.0 Å². The number of thioether (sulfide) groups is 1. The van der Waals surface area contributed by atoms with Gasteiger partial charge in [-0.1, -0.05) is 48.0 Å². The zero-order valence-electron chi connectivity index (χ0n) is 12.9. The molecule has 1 saturated heterocycles. The number of rotatable bonds is 2. The number of hydrogen-bond acceptors (Lipinski definition) is 5. The summed E-state index contributed by atoms with van der Waals surface area (Å²) >= 11 is 14.1. The van der Waals surface area contributed by atoms with E-state index in [1.165, 1.54) is 0 Å². The Labute approximate surface area is 154 Å². The van der Waals surface area contributed by atoms with E-state index in [4.69, 9.17) is 28.2 Å². The topological polar surface area (TPSA) is 48.7 Å². The first-order chi connectivity index (χ1) is 11.5. The van der Waals surface area contributed by atoms with Crippen LogP contribution in [0.1, 0.15) is 30.3 Å². The molecule has 1 aromatic carbocycles. The van der Waals surface area contributed by atoms with Gasteiger partial charge in [0.05, 0.1) is 21.8 Å². The number of hydrogen-bond donors (Lipinski definition) is 1. The summed E-state index contributed by atoms with van der Waals surface area (Å²) in [5, 5.41) is 11.9. The number of phenolic OH excluding ortho intramolecular Hbond substituents is 1. The smallest absolute Gasteiger partial charge is 0.160 e. The summed E-state index contributed by atoms with van der Waals surface area (Å²) in [5.41, 5.74) is 1.85. The second-order valence-electron chi connectivity index (χ2n) is 5.97. The molecule has 24 heavy (non-hydrogen) atoms. The highest BCUT2D eigenvalue weighted by Crippen LogP contribution is 2.49. The number of phenols is 1. The second kappa shape index (κ2) is 6.14. The summed E-state index contributed by atoms with van der Waals surface area (Å²) in [5.74, 6) is -0.0835. The maximum atomic E-state index is 9.86. The van der Waals surface area contributed by atoms with Crippen LogP contribution in [0.25, 0.3) is 0 Å². The van der Waals surface area contributed by atoms with E-state index in [1.54, 1.807) is 30.1 Å². The van der Waals surface area contributed by atoms with Crippen molar-refractivity contribution in [2.75, 3.05) is 6.54 Å². The average molecular weight is 380 g/mol. The fraction of sp³-hybridized carbons (Fsp3) is 0.294. The van der Waals surface area contributed by atoms with Gasteiger partial charge in [0.25, 0.3) is 0 Å². The molecule has 0 saturated carbocycles. The highest BCUT2D eigenvalue weighted by molar-refractivity contribution is 8.14. The zero-order chi connectivity index (χ0) is 16.8. The molecule has 7 heteroatoms. The average Bonchev–Trinajstić information content (AvgIpc) is 3.08. The molecule has 0 unspecified atom stereocenters. The molecule has 3 atom stereocenters. The van der Waals surface area contributed by atoms with Crippen LogP contribution in [-0.4, -0.2) is 32.0 Å². The van der Waals surface area contributed by atoms with E-state index in [2.05, 4.69) is 16.8 Å². The van der Waals surface area contributed by atoms with Gasteiger partial charge >= 0.3 is 0 Å². The molecule has 0 amide bonds. The molecule has 2 aromatic rings. The van der Waals surface area contributed by atoms with E-state index >= 15 is 0 Å². The Morgan fingerprint density at radius 1 is 1.25 bits per heavy atom. The number of nitrogens with zero attached hydrogens (tertiary/aromatic N) is 3. The van der Waals surface area contributed by atoms with E-state index in [9.17, 15) is 5.11 Å². The van der Waals surface area contributed by atoms with E-state index in [0.717, 1.165) is 23.0 Å². The normalized spacial score (nSPS) is 25.7. The Balaban J connectivity index is 1.81. The Kier molecular flexibility index (Phi) is 4.11. The van der Waals surface area contributed by atoms with Gasteiger partial charge in [-0.2, -0.15) is 0 Å². The van der Waals surface area contributed by atoms with Gasteiger partial charge in [0, 0.05) is 18.0 Å².